The van der Waals surface area contributed by atoms with Crippen molar-refractivity contribution in [3.8, 4) is 17.2 Å². The summed E-state index contributed by atoms with van der Waals surface area (Å²) in [5.41, 5.74) is 3.06. The molecule has 1 heterocycles. The van der Waals surface area contributed by atoms with Gasteiger partial charge in [-0.1, -0.05) is 29.8 Å². The van der Waals surface area contributed by atoms with Crippen LogP contribution in [0.5, 0.6) is 17.2 Å². The summed E-state index contributed by atoms with van der Waals surface area (Å²) in [6.45, 7) is 3.43. The number of benzene rings is 3. The first-order chi connectivity index (χ1) is 19.1. The molecule has 0 saturated carbocycles. The molecule has 9 heteroatoms. The van der Waals surface area contributed by atoms with Gasteiger partial charge in [-0.25, -0.2) is 0 Å². The maximum absolute atomic E-state index is 13.3. The van der Waals surface area contributed by atoms with Gasteiger partial charge in [0.25, 0.3) is 11.7 Å². The number of aromatic hydroxyl groups is 1. The number of aliphatic hydroxyl groups excluding tert-OH is 1. The molecule has 0 aliphatic carbocycles. The number of ether oxygens (including phenoxy) is 2. The number of phenolic OH excluding ortho intramolecular Hbond substituents is 1. The minimum Gasteiger partial charge on any atom is -0.507 e. The molecule has 0 spiro atoms. The Balaban J connectivity index is 1.69. The van der Waals surface area contributed by atoms with Crippen LogP contribution in [0.3, 0.4) is 0 Å². The van der Waals surface area contributed by atoms with Crippen LogP contribution in [0.1, 0.15) is 34.7 Å². The van der Waals surface area contributed by atoms with Crippen molar-refractivity contribution in [1.29, 1.82) is 0 Å². The van der Waals surface area contributed by atoms with E-state index in [2.05, 4.69) is 22.0 Å². The van der Waals surface area contributed by atoms with Gasteiger partial charge >= 0.3 is 0 Å². The highest BCUT2D eigenvalue weighted by atomic mass is 79.9. The summed E-state index contributed by atoms with van der Waals surface area (Å²) in [5, 5.41) is 21.7. The number of hydrogen-bond donors (Lipinski definition) is 2. The predicted molar refractivity (Wildman–Crippen MR) is 156 cm³/mol. The van der Waals surface area contributed by atoms with Crippen LogP contribution in [0.4, 0.5) is 0 Å². The molecule has 1 aliphatic heterocycles. The highest BCUT2D eigenvalue weighted by molar-refractivity contribution is 9.10. The van der Waals surface area contributed by atoms with E-state index in [1.807, 2.05) is 44.1 Å². The number of phenols is 1. The first-order valence-corrected chi connectivity index (χ1v) is 13.7. The normalized spacial score (nSPS) is 16.6. The van der Waals surface area contributed by atoms with E-state index in [9.17, 15) is 19.8 Å². The fourth-order valence-electron chi connectivity index (χ4n) is 4.75. The van der Waals surface area contributed by atoms with Crippen LogP contribution in [-0.4, -0.2) is 66.0 Å². The van der Waals surface area contributed by atoms with Crippen molar-refractivity contribution >= 4 is 33.4 Å². The Kier molecular flexibility index (Phi) is 9.17. The number of halogens is 1. The smallest absolute Gasteiger partial charge is 0.295 e. The number of methoxy groups -OCH3 is 1. The SMILES string of the molecule is COc1cc(C2/C(=C(\O)c3ccc(OCc4cccc(C)c4)cc3)C(=O)C(=O)N2CCCN(C)C)cc(Br)c1O. The predicted octanol–water partition coefficient (Wildman–Crippen LogP) is 5.42. The monoisotopic (exact) mass is 608 g/mol. The molecule has 0 aromatic heterocycles. The van der Waals surface area contributed by atoms with Crippen molar-refractivity contribution < 1.29 is 29.3 Å². The Morgan fingerprint density at radius 1 is 1.07 bits per heavy atom. The van der Waals surface area contributed by atoms with Crippen molar-refractivity contribution in [1.82, 2.24) is 9.80 Å². The molecule has 1 unspecified atom stereocenters. The summed E-state index contributed by atoms with van der Waals surface area (Å²) in [6.07, 6.45) is 0.625. The molecule has 3 aromatic carbocycles. The van der Waals surface area contributed by atoms with Gasteiger partial charge in [0.2, 0.25) is 0 Å². The van der Waals surface area contributed by atoms with Crippen LogP contribution in [0.25, 0.3) is 5.76 Å². The Morgan fingerprint density at radius 3 is 2.45 bits per heavy atom. The molecule has 1 amide bonds. The number of hydrogen-bond acceptors (Lipinski definition) is 7. The summed E-state index contributed by atoms with van der Waals surface area (Å²) in [4.78, 5) is 30.0. The molecular formula is C31H33BrN2O6. The fraction of sp³-hybridized carbons (Fsp3) is 0.290. The lowest BCUT2D eigenvalue weighted by Gasteiger charge is -2.26. The number of rotatable bonds is 10. The van der Waals surface area contributed by atoms with Gasteiger partial charge in [0.1, 0.15) is 18.1 Å². The van der Waals surface area contributed by atoms with E-state index in [0.717, 1.165) is 11.1 Å². The molecule has 210 valence electrons. The average Bonchev–Trinajstić information content (AvgIpc) is 3.18. The van der Waals surface area contributed by atoms with Crippen LogP contribution < -0.4 is 9.47 Å². The quantitative estimate of drug-likeness (QED) is 0.180. The number of carbonyl (C=O) groups excluding carboxylic acids is 2. The molecule has 1 fully saturated rings. The van der Waals surface area contributed by atoms with Crippen molar-refractivity contribution in [3.05, 3.63) is 93.0 Å². The van der Waals surface area contributed by atoms with E-state index >= 15 is 0 Å². The number of ketones is 1. The number of amides is 1. The van der Waals surface area contributed by atoms with E-state index in [4.69, 9.17) is 9.47 Å². The largest absolute Gasteiger partial charge is 0.507 e. The van der Waals surface area contributed by atoms with Crippen LogP contribution in [0.2, 0.25) is 0 Å². The number of Topliss-reactive ketones (excluding diaryl/α,β-unsaturated/α-hetero) is 1. The summed E-state index contributed by atoms with van der Waals surface area (Å²) in [7, 11) is 5.28. The lowest BCUT2D eigenvalue weighted by molar-refractivity contribution is -0.139. The number of aliphatic hydroxyl groups is 1. The topological polar surface area (TPSA) is 99.5 Å². The summed E-state index contributed by atoms with van der Waals surface area (Å²) in [5.74, 6) is -1.06. The molecule has 3 aromatic rings. The van der Waals surface area contributed by atoms with Crippen LogP contribution >= 0.6 is 15.9 Å². The Hall–Kier alpha value is -3.82. The summed E-state index contributed by atoms with van der Waals surface area (Å²) < 4.78 is 11.6. The van der Waals surface area contributed by atoms with Crippen molar-refractivity contribution in [3.63, 3.8) is 0 Å². The molecular weight excluding hydrogens is 576 g/mol. The zero-order valence-corrected chi connectivity index (χ0v) is 24.6. The molecule has 8 nitrogen and oxygen atoms in total. The maximum Gasteiger partial charge on any atom is 0.295 e. The molecule has 0 radical (unpaired) electrons. The molecule has 1 saturated heterocycles. The second-order valence-corrected chi connectivity index (χ2v) is 10.9. The third-order valence-corrected chi connectivity index (χ3v) is 7.35. The second kappa shape index (κ2) is 12.6. The first kappa shape index (κ1) is 29.2. The van der Waals surface area contributed by atoms with Crippen molar-refractivity contribution in [2.75, 3.05) is 34.3 Å². The Bertz CT molecular complexity index is 1430. The van der Waals surface area contributed by atoms with Crippen LogP contribution in [-0.2, 0) is 16.2 Å². The van der Waals surface area contributed by atoms with E-state index in [-0.39, 0.29) is 22.8 Å². The Morgan fingerprint density at radius 2 is 1.80 bits per heavy atom. The molecule has 0 bridgehead atoms. The van der Waals surface area contributed by atoms with Gasteiger partial charge in [-0.15, -0.1) is 0 Å². The number of aryl methyl sites for hydroxylation is 1. The highest BCUT2D eigenvalue weighted by Gasteiger charge is 2.46. The molecule has 1 atom stereocenters. The first-order valence-electron chi connectivity index (χ1n) is 12.9. The minimum atomic E-state index is -0.870. The van der Waals surface area contributed by atoms with Gasteiger partial charge in [0.15, 0.2) is 11.5 Å². The molecule has 40 heavy (non-hydrogen) atoms. The summed E-state index contributed by atoms with van der Waals surface area (Å²) in [6, 6.07) is 17.1. The van der Waals surface area contributed by atoms with E-state index < -0.39 is 17.7 Å². The molecule has 2 N–H and O–H groups in total. The lowest BCUT2D eigenvalue weighted by Crippen LogP contribution is -2.32. The van der Waals surface area contributed by atoms with Gasteiger partial charge in [0, 0.05) is 12.1 Å². The van der Waals surface area contributed by atoms with Gasteiger partial charge in [-0.05, 0) is 97.4 Å². The third-order valence-electron chi connectivity index (χ3n) is 6.75. The zero-order chi connectivity index (χ0) is 29.0. The second-order valence-electron chi connectivity index (χ2n) is 10.0. The van der Waals surface area contributed by atoms with Crippen molar-refractivity contribution in [2.45, 2.75) is 26.0 Å². The van der Waals surface area contributed by atoms with Gasteiger partial charge in [-0.3, -0.25) is 9.59 Å². The van der Waals surface area contributed by atoms with E-state index in [0.29, 0.717) is 47.5 Å². The zero-order valence-electron chi connectivity index (χ0n) is 23.0. The Labute approximate surface area is 242 Å². The summed E-state index contributed by atoms with van der Waals surface area (Å²) >= 11 is 3.33. The highest BCUT2D eigenvalue weighted by Crippen LogP contribution is 2.44. The van der Waals surface area contributed by atoms with E-state index in [1.54, 1.807) is 36.4 Å². The standard InChI is InChI=1S/C31H33BrN2O6/c1-19-7-5-8-20(15-19)18-40-23-11-9-21(10-12-23)28(35)26-27(22-16-24(32)29(36)25(17-22)39-4)34(31(38)30(26)37)14-6-13-33(2)3/h5,7-12,15-17,27,35-36H,6,13-14,18H2,1-4H3/b28-26+. The lowest BCUT2D eigenvalue weighted by atomic mass is 9.95. The average molecular weight is 610 g/mol. The third kappa shape index (κ3) is 6.32. The minimum absolute atomic E-state index is 0.0251. The number of carbonyl (C=O) groups is 2. The maximum atomic E-state index is 13.3. The number of likely N-dealkylation sites (tertiary alicyclic amines) is 1. The number of nitrogens with zero attached hydrogens (tertiary/aromatic N) is 2. The van der Waals surface area contributed by atoms with Gasteiger partial charge in [0.05, 0.1) is 23.2 Å². The van der Waals surface area contributed by atoms with Crippen molar-refractivity contribution in [2.24, 2.45) is 0 Å². The van der Waals surface area contributed by atoms with E-state index in [1.165, 1.54) is 12.0 Å². The van der Waals surface area contributed by atoms with Crippen LogP contribution in [0, 0.1) is 6.92 Å². The van der Waals surface area contributed by atoms with Gasteiger partial charge < -0.3 is 29.5 Å². The molecule has 4 rings (SSSR count). The van der Waals surface area contributed by atoms with Gasteiger partial charge in [-0.2, -0.15) is 0 Å². The van der Waals surface area contributed by atoms with Crippen LogP contribution in [0.15, 0.2) is 70.7 Å². The molecule has 1 aliphatic rings. The fourth-order valence-corrected chi connectivity index (χ4v) is 5.21.